The van der Waals surface area contributed by atoms with Crippen LogP contribution in [0.25, 0.3) is 5.57 Å². The predicted octanol–water partition coefficient (Wildman–Crippen LogP) is 5.10. The van der Waals surface area contributed by atoms with Crippen LogP contribution in [0.5, 0.6) is 0 Å². The lowest BCUT2D eigenvalue weighted by atomic mass is 10.0. The molecule has 0 aliphatic carbocycles. The summed E-state index contributed by atoms with van der Waals surface area (Å²) in [7, 11) is 0. The highest BCUT2D eigenvalue weighted by Crippen LogP contribution is 2.33. The molecule has 0 saturated carbocycles. The first-order chi connectivity index (χ1) is 9.34. The maximum atomic E-state index is 6.33. The Kier molecular flexibility index (Phi) is 4.06. The number of nitrogens with zero attached hydrogens (tertiary/aromatic N) is 1. The minimum absolute atomic E-state index is 0.458. The number of benzene rings is 1. The molecule has 1 nitrogen and oxygen atoms in total. The molecule has 4 heteroatoms. The standard InChI is InChI=1S/C15H12ClNS2/c16-14-4-2-1-3-12(14)13(15-17-6-8-19-15)9-11-5-7-18-10-11/h1-9,11H,10H2. The molecule has 0 fully saturated rings. The molecule has 1 aromatic heterocycles. The predicted molar refractivity (Wildman–Crippen MR) is 85.7 cm³/mol. The van der Waals surface area contributed by atoms with Gasteiger partial charge in [0, 0.05) is 39.4 Å². The van der Waals surface area contributed by atoms with E-state index in [1.807, 2.05) is 41.5 Å². The minimum atomic E-state index is 0.458. The number of aromatic nitrogens is 1. The Morgan fingerprint density at radius 3 is 2.95 bits per heavy atom. The second-order valence-electron chi connectivity index (χ2n) is 4.22. The summed E-state index contributed by atoms with van der Waals surface area (Å²) in [6.07, 6.45) is 6.34. The van der Waals surface area contributed by atoms with Crippen LogP contribution >= 0.6 is 34.7 Å². The van der Waals surface area contributed by atoms with Gasteiger partial charge in [0.15, 0.2) is 0 Å². The van der Waals surface area contributed by atoms with Crippen molar-refractivity contribution < 1.29 is 0 Å². The maximum absolute atomic E-state index is 6.33. The lowest BCUT2D eigenvalue weighted by Gasteiger charge is -2.09. The lowest BCUT2D eigenvalue weighted by molar-refractivity contribution is 0.976. The van der Waals surface area contributed by atoms with Gasteiger partial charge in [-0.05, 0) is 11.5 Å². The summed E-state index contributed by atoms with van der Waals surface area (Å²) in [5, 5.41) is 5.96. The Balaban J connectivity index is 2.07. The molecule has 1 aromatic carbocycles. The van der Waals surface area contributed by atoms with Crippen molar-refractivity contribution in [1.82, 2.24) is 4.98 Å². The van der Waals surface area contributed by atoms with Crippen molar-refractivity contribution in [3.8, 4) is 0 Å². The fourth-order valence-electron chi connectivity index (χ4n) is 2.01. The number of rotatable bonds is 3. The molecule has 19 heavy (non-hydrogen) atoms. The molecule has 0 N–H and O–H groups in total. The number of thiazole rings is 1. The first kappa shape index (κ1) is 13.0. The van der Waals surface area contributed by atoms with E-state index < -0.39 is 0 Å². The van der Waals surface area contributed by atoms with Gasteiger partial charge in [-0.1, -0.05) is 42.0 Å². The van der Waals surface area contributed by atoms with Gasteiger partial charge < -0.3 is 0 Å². The van der Waals surface area contributed by atoms with Crippen molar-refractivity contribution in [2.24, 2.45) is 5.92 Å². The fourth-order valence-corrected chi connectivity index (χ4v) is 3.78. The molecule has 2 aromatic rings. The van der Waals surface area contributed by atoms with Crippen molar-refractivity contribution in [2.45, 2.75) is 0 Å². The summed E-state index contributed by atoms with van der Waals surface area (Å²) in [5.41, 5.74) is 2.20. The summed E-state index contributed by atoms with van der Waals surface area (Å²) >= 11 is 9.83. The van der Waals surface area contributed by atoms with E-state index in [-0.39, 0.29) is 0 Å². The van der Waals surface area contributed by atoms with Gasteiger partial charge >= 0.3 is 0 Å². The second kappa shape index (κ2) is 5.95. The van der Waals surface area contributed by atoms with Gasteiger partial charge in [-0.3, -0.25) is 0 Å². The van der Waals surface area contributed by atoms with Crippen LogP contribution in [-0.4, -0.2) is 10.7 Å². The zero-order valence-corrected chi connectivity index (χ0v) is 12.5. The lowest BCUT2D eigenvalue weighted by Crippen LogP contribution is -1.96. The molecule has 2 heterocycles. The number of thioether (sulfide) groups is 1. The highest BCUT2D eigenvalue weighted by molar-refractivity contribution is 8.02. The zero-order valence-electron chi connectivity index (χ0n) is 10.1. The normalized spacial score (nSPS) is 19.0. The average molecular weight is 306 g/mol. The molecular formula is C15H12ClNS2. The fraction of sp³-hybridized carbons (Fsp3) is 0.133. The monoisotopic (exact) mass is 305 g/mol. The quantitative estimate of drug-likeness (QED) is 0.782. The molecular weight excluding hydrogens is 294 g/mol. The highest BCUT2D eigenvalue weighted by atomic mass is 35.5. The van der Waals surface area contributed by atoms with E-state index in [0.29, 0.717) is 5.92 Å². The largest absolute Gasteiger partial charge is 0.245 e. The Labute approximate surface area is 126 Å². The van der Waals surface area contributed by atoms with E-state index >= 15 is 0 Å². The molecule has 1 aliphatic heterocycles. The van der Waals surface area contributed by atoms with Crippen LogP contribution in [0.1, 0.15) is 10.6 Å². The van der Waals surface area contributed by atoms with E-state index in [2.05, 4.69) is 28.6 Å². The SMILES string of the molecule is Clc1ccccc1C(=CC1C=CSC1)c1nccs1. The maximum Gasteiger partial charge on any atom is 0.123 e. The van der Waals surface area contributed by atoms with Crippen LogP contribution in [0.4, 0.5) is 0 Å². The summed E-state index contributed by atoms with van der Waals surface area (Å²) in [6, 6.07) is 7.96. The number of halogens is 1. The summed E-state index contributed by atoms with van der Waals surface area (Å²) in [6.45, 7) is 0. The topological polar surface area (TPSA) is 12.9 Å². The smallest absolute Gasteiger partial charge is 0.123 e. The Morgan fingerprint density at radius 1 is 1.37 bits per heavy atom. The third-order valence-electron chi connectivity index (χ3n) is 2.92. The third kappa shape index (κ3) is 2.94. The first-order valence-corrected chi connectivity index (χ1v) is 8.30. The molecule has 0 spiro atoms. The van der Waals surface area contributed by atoms with Crippen LogP contribution in [0.3, 0.4) is 0 Å². The molecule has 3 rings (SSSR count). The zero-order chi connectivity index (χ0) is 13.1. The van der Waals surface area contributed by atoms with Crippen molar-refractivity contribution in [3.63, 3.8) is 0 Å². The number of hydrogen-bond acceptors (Lipinski definition) is 3. The van der Waals surface area contributed by atoms with Gasteiger partial charge in [-0.2, -0.15) is 0 Å². The Bertz CT molecular complexity index is 617. The molecule has 0 amide bonds. The molecule has 0 saturated heterocycles. The van der Waals surface area contributed by atoms with E-state index in [0.717, 1.165) is 26.9 Å². The highest BCUT2D eigenvalue weighted by Gasteiger charge is 2.15. The second-order valence-corrected chi connectivity index (χ2v) is 6.46. The molecule has 1 atom stereocenters. The summed E-state index contributed by atoms with van der Waals surface area (Å²) in [5.74, 6) is 1.56. The van der Waals surface area contributed by atoms with Crippen LogP contribution in [0.2, 0.25) is 5.02 Å². The van der Waals surface area contributed by atoms with Crippen LogP contribution in [-0.2, 0) is 0 Å². The number of hydrogen-bond donors (Lipinski definition) is 0. The van der Waals surface area contributed by atoms with Crippen molar-refractivity contribution >= 4 is 40.3 Å². The van der Waals surface area contributed by atoms with Crippen molar-refractivity contribution in [2.75, 3.05) is 5.75 Å². The summed E-state index contributed by atoms with van der Waals surface area (Å²) < 4.78 is 0. The Hall–Kier alpha value is -1.03. The van der Waals surface area contributed by atoms with Crippen molar-refractivity contribution in [3.05, 3.63) is 69.0 Å². The molecule has 0 radical (unpaired) electrons. The van der Waals surface area contributed by atoms with Gasteiger partial charge in [0.05, 0.1) is 0 Å². The van der Waals surface area contributed by atoms with Crippen LogP contribution in [0.15, 0.2) is 53.4 Å². The minimum Gasteiger partial charge on any atom is -0.245 e. The van der Waals surface area contributed by atoms with Gasteiger partial charge in [0.25, 0.3) is 0 Å². The molecule has 96 valence electrons. The Morgan fingerprint density at radius 2 is 2.26 bits per heavy atom. The van der Waals surface area contributed by atoms with Crippen molar-refractivity contribution in [1.29, 1.82) is 0 Å². The molecule has 0 bridgehead atoms. The van der Waals surface area contributed by atoms with E-state index in [4.69, 9.17) is 11.6 Å². The van der Waals surface area contributed by atoms with Crippen LogP contribution in [0, 0.1) is 5.92 Å². The van der Waals surface area contributed by atoms with Gasteiger partial charge in [0.2, 0.25) is 0 Å². The summed E-state index contributed by atoms with van der Waals surface area (Å²) in [4.78, 5) is 4.44. The van der Waals surface area contributed by atoms with E-state index in [1.54, 1.807) is 11.3 Å². The van der Waals surface area contributed by atoms with Crippen LogP contribution < -0.4 is 0 Å². The average Bonchev–Trinajstić information content (AvgIpc) is 3.10. The van der Waals surface area contributed by atoms with Gasteiger partial charge in [-0.15, -0.1) is 23.1 Å². The number of allylic oxidation sites excluding steroid dienone is 2. The van der Waals surface area contributed by atoms with E-state index in [9.17, 15) is 0 Å². The van der Waals surface area contributed by atoms with Gasteiger partial charge in [0.1, 0.15) is 5.01 Å². The third-order valence-corrected chi connectivity index (χ3v) is 4.98. The van der Waals surface area contributed by atoms with E-state index in [1.165, 1.54) is 0 Å². The molecule has 1 aliphatic rings. The van der Waals surface area contributed by atoms with Gasteiger partial charge in [-0.25, -0.2) is 4.98 Å². The first-order valence-electron chi connectivity index (χ1n) is 5.99. The molecule has 1 unspecified atom stereocenters.